The molecular weight excluding hydrogens is 464 g/mol. The van der Waals surface area contributed by atoms with Crippen molar-refractivity contribution in [3.63, 3.8) is 0 Å². The van der Waals surface area contributed by atoms with E-state index in [-0.39, 0.29) is 23.8 Å². The molecule has 0 spiro atoms. The highest BCUT2D eigenvalue weighted by atomic mass is 16.5. The number of aromatic nitrogens is 2. The van der Waals surface area contributed by atoms with Gasteiger partial charge < -0.3 is 15.0 Å². The van der Waals surface area contributed by atoms with E-state index in [1.807, 2.05) is 48.3 Å². The van der Waals surface area contributed by atoms with Crippen LogP contribution in [0.3, 0.4) is 0 Å². The molecule has 2 heterocycles. The summed E-state index contributed by atoms with van der Waals surface area (Å²) in [4.78, 5) is 27.5. The normalized spacial score (nSPS) is 16.1. The van der Waals surface area contributed by atoms with E-state index in [9.17, 15) is 9.59 Å². The Bertz CT molecular complexity index is 1270. The first-order valence-corrected chi connectivity index (χ1v) is 12.9. The number of carbonyl (C=O) groups is 2. The predicted octanol–water partition coefficient (Wildman–Crippen LogP) is 5.34. The number of piperidine rings is 1. The molecule has 2 aromatic carbocycles. The van der Waals surface area contributed by atoms with Crippen LogP contribution >= 0.6 is 0 Å². The number of rotatable bonds is 7. The number of para-hydroxylation sites is 2. The molecule has 1 aliphatic heterocycles. The second kappa shape index (κ2) is 10.8. The molecular formula is C30H38N4O3. The third-order valence-electron chi connectivity index (χ3n) is 6.97. The Morgan fingerprint density at radius 2 is 1.81 bits per heavy atom. The lowest BCUT2D eigenvalue weighted by molar-refractivity contribution is -0.120. The minimum absolute atomic E-state index is 0.0925. The van der Waals surface area contributed by atoms with Crippen molar-refractivity contribution in [3.8, 4) is 5.75 Å². The van der Waals surface area contributed by atoms with Crippen LogP contribution in [0.5, 0.6) is 5.75 Å². The summed E-state index contributed by atoms with van der Waals surface area (Å²) in [6.07, 6.45) is 2.15. The highest BCUT2D eigenvalue weighted by molar-refractivity contribution is 5.95. The SMILES string of the molecule is Cc1cccc(C)c1N1CC(Cc2ccccc2OCC(=O)Nc2cc(C(C)(C)C)nn2C)CCC1=O. The summed E-state index contributed by atoms with van der Waals surface area (Å²) >= 11 is 0. The number of nitrogens with one attached hydrogen (secondary N) is 1. The molecule has 0 radical (unpaired) electrons. The zero-order valence-electron chi connectivity index (χ0n) is 22.8. The molecule has 7 heteroatoms. The van der Waals surface area contributed by atoms with Crippen LogP contribution in [0.25, 0.3) is 0 Å². The zero-order valence-corrected chi connectivity index (χ0v) is 22.8. The molecule has 1 fully saturated rings. The van der Waals surface area contributed by atoms with Gasteiger partial charge in [-0.3, -0.25) is 14.3 Å². The lowest BCUT2D eigenvalue weighted by Gasteiger charge is -2.34. The smallest absolute Gasteiger partial charge is 0.263 e. The Kier molecular flexibility index (Phi) is 7.71. The molecule has 1 unspecified atom stereocenters. The number of ether oxygens (including phenoxy) is 1. The van der Waals surface area contributed by atoms with E-state index in [0.29, 0.717) is 30.5 Å². The average molecular weight is 503 g/mol. The van der Waals surface area contributed by atoms with Crippen LogP contribution < -0.4 is 15.0 Å². The van der Waals surface area contributed by atoms with Gasteiger partial charge >= 0.3 is 0 Å². The molecule has 1 aliphatic rings. The maximum Gasteiger partial charge on any atom is 0.263 e. The maximum absolute atomic E-state index is 12.8. The van der Waals surface area contributed by atoms with Gasteiger partial charge in [-0.1, -0.05) is 57.2 Å². The summed E-state index contributed by atoms with van der Waals surface area (Å²) in [6.45, 7) is 11.0. The highest BCUT2D eigenvalue weighted by Gasteiger charge is 2.29. The van der Waals surface area contributed by atoms with Gasteiger partial charge in [-0.2, -0.15) is 5.10 Å². The lowest BCUT2D eigenvalue weighted by Crippen LogP contribution is -2.41. The molecule has 2 amide bonds. The second-order valence-corrected chi connectivity index (χ2v) is 11.1. The molecule has 1 N–H and O–H groups in total. The third kappa shape index (κ3) is 6.21. The van der Waals surface area contributed by atoms with E-state index in [1.165, 1.54) is 0 Å². The van der Waals surface area contributed by atoms with Crippen LogP contribution in [-0.2, 0) is 28.5 Å². The monoisotopic (exact) mass is 502 g/mol. The number of hydrogen-bond acceptors (Lipinski definition) is 4. The van der Waals surface area contributed by atoms with E-state index in [2.05, 4.69) is 57.2 Å². The van der Waals surface area contributed by atoms with E-state index < -0.39 is 0 Å². The summed E-state index contributed by atoms with van der Waals surface area (Å²) in [5, 5.41) is 7.42. The second-order valence-electron chi connectivity index (χ2n) is 11.1. The number of aryl methyl sites for hydroxylation is 3. The van der Waals surface area contributed by atoms with Gasteiger partial charge in [0.25, 0.3) is 5.91 Å². The first kappa shape index (κ1) is 26.5. The molecule has 196 valence electrons. The average Bonchev–Trinajstić information content (AvgIpc) is 3.21. The van der Waals surface area contributed by atoms with Gasteiger partial charge in [0.2, 0.25) is 5.91 Å². The van der Waals surface area contributed by atoms with Crippen molar-refractivity contribution in [2.75, 3.05) is 23.4 Å². The van der Waals surface area contributed by atoms with Crippen molar-refractivity contribution >= 4 is 23.3 Å². The minimum atomic E-state index is -0.234. The molecule has 4 rings (SSSR count). The van der Waals surface area contributed by atoms with Crippen molar-refractivity contribution in [3.05, 3.63) is 70.9 Å². The van der Waals surface area contributed by atoms with Gasteiger partial charge in [0.15, 0.2) is 6.61 Å². The van der Waals surface area contributed by atoms with Gasteiger partial charge in [0.1, 0.15) is 11.6 Å². The fourth-order valence-corrected chi connectivity index (χ4v) is 4.93. The van der Waals surface area contributed by atoms with Gasteiger partial charge in [0, 0.05) is 37.2 Å². The van der Waals surface area contributed by atoms with Gasteiger partial charge in [-0.25, -0.2) is 0 Å². The highest BCUT2D eigenvalue weighted by Crippen LogP contribution is 2.32. The molecule has 3 aromatic rings. The molecule has 1 aromatic heterocycles. The Morgan fingerprint density at radius 3 is 2.49 bits per heavy atom. The predicted molar refractivity (Wildman–Crippen MR) is 147 cm³/mol. The standard InChI is InChI=1S/C30H38N4O3/c1-20-10-9-11-21(2)29(20)34-18-22(14-15-28(34)36)16-23-12-7-8-13-24(23)37-19-27(35)31-26-17-25(30(3,4)5)32-33(26)6/h7-13,17,22H,14-16,18-19H2,1-6H3,(H,31,35). The number of nitrogens with zero attached hydrogens (tertiary/aromatic N) is 3. The summed E-state index contributed by atoms with van der Waals surface area (Å²) < 4.78 is 7.65. The number of hydrogen-bond donors (Lipinski definition) is 1. The molecule has 1 atom stereocenters. The van der Waals surface area contributed by atoms with Crippen LogP contribution in [0.2, 0.25) is 0 Å². The first-order valence-electron chi connectivity index (χ1n) is 12.9. The number of carbonyl (C=O) groups excluding carboxylic acids is 2. The fraction of sp³-hybridized carbons (Fsp3) is 0.433. The van der Waals surface area contributed by atoms with Crippen molar-refractivity contribution < 1.29 is 14.3 Å². The fourth-order valence-electron chi connectivity index (χ4n) is 4.93. The summed E-state index contributed by atoms with van der Waals surface area (Å²) in [7, 11) is 1.82. The van der Waals surface area contributed by atoms with Crippen LogP contribution in [0.4, 0.5) is 11.5 Å². The van der Waals surface area contributed by atoms with Crippen molar-refractivity contribution in [2.45, 2.75) is 59.3 Å². The van der Waals surface area contributed by atoms with Gasteiger partial charge in [0.05, 0.1) is 5.69 Å². The van der Waals surface area contributed by atoms with Crippen molar-refractivity contribution in [1.29, 1.82) is 0 Å². The van der Waals surface area contributed by atoms with E-state index in [4.69, 9.17) is 4.74 Å². The Hall–Kier alpha value is -3.61. The molecule has 0 aliphatic carbocycles. The van der Waals surface area contributed by atoms with E-state index in [0.717, 1.165) is 40.9 Å². The molecule has 0 bridgehead atoms. The molecule has 37 heavy (non-hydrogen) atoms. The Morgan fingerprint density at radius 1 is 1.11 bits per heavy atom. The topological polar surface area (TPSA) is 76.5 Å². The van der Waals surface area contributed by atoms with Gasteiger partial charge in [-0.05, 0) is 55.4 Å². The number of benzene rings is 2. The lowest BCUT2D eigenvalue weighted by atomic mass is 9.89. The van der Waals surface area contributed by atoms with E-state index in [1.54, 1.807) is 4.68 Å². The summed E-state index contributed by atoms with van der Waals surface area (Å²) in [5.74, 6) is 1.60. The van der Waals surface area contributed by atoms with E-state index >= 15 is 0 Å². The summed E-state index contributed by atoms with van der Waals surface area (Å²) in [6, 6.07) is 15.9. The third-order valence-corrected chi connectivity index (χ3v) is 6.97. The Balaban J connectivity index is 1.41. The minimum Gasteiger partial charge on any atom is -0.483 e. The van der Waals surface area contributed by atoms with Crippen molar-refractivity contribution in [1.82, 2.24) is 9.78 Å². The van der Waals surface area contributed by atoms with Crippen LogP contribution in [0.15, 0.2) is 48.5 Å². The van der Waals surface area contributed by atoms with Crippen molar-refractivity contribution in [2.24, 2.45) is 13.0 Å². The quantitative estimate of drug-likeness (QED) is 0.473. The molecule has 1 saturated heterocycles. The van der Waals surface area contributed by atoms with Crippen LogP contribution in [0, 0.1) is 19.8 Å². The number of anilines is 2. The summed E-state index contributed by atoms with van der Waals surface area (Å²) in [5.41, 5.74) is 5.12. The van der Waals surface area contributed by atoms with Crippen LogP contribution in [0.1, 0.15) is 56.0 Å². The zero-order chi connectivity index (χ0) is 26.7. The largest absolute Gasteiger partial charge is 0.483 e. The number of amides is 2. The molecule has 7 nitrogen and oxygen atoms in total. The Labute approximate surface area is 219 Å². The first-order chi connectivity index (χ1) is 17.5. The molecule has 0 saturated carbocycles. The van der Waals surface area contributed by atoms with Crippen LogP contribution in [-0.4, -0.2) is 34.7 Å². The maximum atomic E-state index is 12.8. The van der Waals surface area contributed by atoms with Gasteiger partial charge in [-0.15, -0.1) is 0 Å².